The molecule has 3 rings (SSSR count). The van der Waals surface area contributed by atoms with Gasteiger partial charge in [-0.3, -0.25) is 9.71 Å². The molecule has 2 heterocycles. The molecular weight excluding hydrogens is 413 g/mol. The number of methoxy groups -OCH3 is 1. The van der Waals surface area contributed by atoms with Gasteiger partial charge in [0, 0.05) is 23.7 Å². The maximum absolute atomic E-state index is 12.6. The second kappa shape index (κ2) is 7.70. The quantitative estimate of drug-likeness (QED) is 0.643. The maximum atomic E-state index is 12.6. The van der Waals surface area contributed by atoms with Gasteiger partial charge in [-0.2, -0.15) is 13.2 Å². The summed E-state index contributed by atoms with van der Waals surface area (Å²) in [6.07, 6.45) is -1.99. The van der Waals surface area contributed by atoms with E-state index < -0.39 is 22.1 Å². The van der Waals surface area contributed by atoms with Gasteiger partial charge in [-0.1, -0.05) is 6.07 Å². The molecule has 2 aromatic heterocycles. The summed E-state index contributed by atoms with van der Waals surface area (Å²) < 4.78 is 73.4. The summed E-state index contributed by atoms with van der Waals surface area (Å²) in [6.45, 7) is 0. The first kappa shape index (κ1) is 20.6. The standard InChI is InChI=1S/C17H15F3N4O4S/c1-27-14-9-11(15-22-23-16(28-15)17(18,19)20)6-5-10(14)8-13-12(4-3-7-21-13)24-29(2,25)26/h3-7,9,24H,8H2,1-2H3. The van der Waals surface area contributed by atoms with Gasteiger partial charge in [0.1, 0.15) is 5.75 Å². The summed E-state index contributed by atoms with van der Waals surface area (Å²) in [4.78, 5) is 4.20. The van der Waals surface area contributed by atoms with Crippen molar-refractivity contribution < 1.29 is 30.7 Å². The van der Waals surface area contributed by atoms with Crippen molar-refractivity contribution in [3.63, 3.8) is 0 Å². The highest BCUT2D eigenvalue weighted by molar-refractivity contribution is 7.92. The van der Waals surface area contributed by atoms with Gasteiger partial charge in [0.05, 0.1) is 24.7 Å². The Bertz CT molecular complexity index is 1130. The zero-order chi connectivity index (χ0) is 21.2. The van der Waals surface area contributed by atoms with Crippen molar-refractivity contribution in [1.29, 1.82) is 0 Å². The van der Waals surface area contributed by atoms with Gasteiger partial charge >= 0.3 is 12.1 Å². The second-order valence-electron chi connectivity index (χ2n) is 5.99. The summed E-state index contributed by atoms with van der Waals surface area (Å²) in [6, 6.07) is 7.71. The van der Waals surface area contributed by atoms with Crippen LogP contribution in [0.4, 0.5) is 18.9 Å². The van der Waals surface area contributed by atoms with Crippen molar-refractivity contribution in [2.24, 2.45) is 0 Å². The van der Waals surface area contributed by atoms with Crippen LogP contribution in [-0.2, 0) is 22.6 Å². The first-order chi connectivity index (χ1) is 13.6. The van der Waals surface area contributed by atoms with Gasteiger partial charge < -0.3 is 9.15 Å². The molecule has 0 atom stereocenters. The van der Waals surface area contributed by atoms with E-state index in [4.69, 9.17) is 4.74 Å². The molecule has 0 amide bonds. The second-order valence-corrected chi connectivity index (χ2v) is 7.73. The van der Waals surface area contributed by atoms with E-state index in [1.165, 1.54) is 25.4 Å². The number of anilines is 1. The number of pyridine rings is 1. The molecule has 1 aromatic carbocycles. The van der Waals surface area contributed by atoms with E-state index in [9.17, 15) is 21.6 Å². The van der Waals surface area contributed by atoms with E-state index in [0.717, 1.165) is 6.26 Å². The van der Waals surface area contributed by atoms with E-state index in [0.29, 0.717) is 22.7 Å². The molecule has 12 heteroatoms. The van der Waals surface area contributed by atoms with Gasteiger partial charge in [-0.25, -0.2) is 8.42 Å². The van der Waals surface area contributed by atoms with Gasteiger partial charge in [-0.15, -0.1) is 10.2 Å². The maximum Gasteiger partial charge on any atom is 0.470 e. The summed E-state index contributed by atoms with van der Waals surface area (Å²) >= 11 is 0. The zero-order valence-corrected chi connectivity index (χ0v) is 16.0. The molecule has 3 aromatic rings. The highest BCUT2D eigenvalue weighted by Crippen LogP contribution is 2.33. The summed E-state index contributed by atoms with van der Waals surface area (Å²) in [5.74, 6) is -1.41. The Balaban J connectivity index is 1.92. The Kier molecular flexibility index (Phi) is 5.46. The van der Waals surface area contributed by atoms with Crippen LogP contribution in [0.2, 0.25) is 0 Å². The number of rotatable bonds is 6. The molecule has 0 saturated carbocycles. The van der Waals surface area contributed by atoms with E-state index in [2.05, 4.69) is 24.3 Å². The van der Waals surface area contributed by atoms with Crippen LogP contribution in [-0.4, -0.2) is 37.0 Å². The first-order valence-corrected chi connectivity index (χ1v) is 9.95. The van der Waals surface area contributed by atoms with Crippen LogP contribution in [0.1, 0.15) is 17.1 Å². The summed E-state index contributed by atoms with van der Waals surface area (Å²) in [5, 5.41) is 6.41. The molecule has 0 radical (unpaired) electrons. The molecule has 0 aliphatic rings. The minimum atomic E-state index is -4.74. The number of hydrogen-bond donors (Lipinski definition) is 1. The molecule has 0 saturated heterocycles. The molecule has 1 N–H and O–H groups in total. The van der Waals surface area contributed by atoms with E-state index >= 15 is 0 Å². The van der Waals surface area contributed by atoms with Gasteiger partial charge in [0.25, 0.3) is 0 Å². The molecule has 0 fully saturated rings. The normalized spacial score (nSPS) is 12.0. The van der Waals surface area contributed by atoms with Crippen molar-refractivity contribution >= 4 is 15.7 Å². The van der Waals surface area contributed by atoms with Crippen LogP contribution >= 0.6 is 0 Å². The van der Waals surface area contributed by atoms with E-state index in [1.54, 1.807) is 18.2 Å². The first-order valence-electron chi connectivity index (χ1n) is 8.06. The van der Waals surface area contributed by atoms with Crippen LogP contribution in [0.15, 0.2) is 40.9 Å². The molecule has 8 nitrogen and oxygen atoms in total. The number of halogens is 3. The van der Waals surface area contributed by atoms with E-state index in [1.807, 2.05) is 0 Å². The van der Waals surface area contributed by atoms with Crippen molar-refractivity contribution in [2.45, 2.75) is 12.6 Å². The van der Waals surface area contributed by atoms with Crippen LogP contribution in [0.25, 0.3) is 11.5 Å². The van der Waals surface area contributed by atoms with Gasteiger partial charge in [0.2, 0.25) is 15.9 Å². The highest BCUT2D eigenvalue weighted by atomic mass is 32.2. The molecule has 0 aliphatic carbocycles. The third-order valence-electron chi connectivity index (χ3n) is 3.75. The number of alkyl halides is 3. The lowest BCUT2D eigenvalue weighted by molar-refractivity contribution is -0.156. The SMILES string of the molecule is COc1cc(-c2nnc(C(F)(F)F)o2)ccc1Cc1ncccc1NS(C)(=O)=O. The number of hydrogen-bond acceptors (Lipinski definition) is 7. The Morgan fingerprint density at radius 1 is 1.21 bits per heavy atom. The number of nitrogens with zero attached hydrogens (tertiary/aromatic N) is 3. The van der Waals surface area contributed by atoms with Crippen LogP contribution in [0, 0.1) is 0 Å². The highest BCUT2D eigenvalue weighted by Gasteiger charge is 2.38. The monoisotopic (exact) mass is 428 g/mol. The van der Waals surface area contributed by atoms with Crippen molar-refractivity contribution in [3.8, 4) is 17.2 Å². The Morgan fingerprint density at radius 2 is 1.97 bits per heavy atom. The summed E-state index contributed by atoms with van der Waals surface area (Å²) in [5.41, 5.74) is 1.63. The van der Waals surface area contributed by atoms with Crippen molar-refractivity contribution in [1.82, 2.24) is 15.2 Å². The number of sulfonamides is 1. The van der Waals surface area contributed by atoms with Gasteiger partial charge in [0.15, 0.2) is 0 Å². The Labute approximate surface area is 163 Å². The molecule has 29 heavy (non-hydrogen) atoms. The number of nitrogens with one attached hydrogen (secondary N) is 1. The minimum absolute atomic E-state index is 0.208. The fourth-order valence-electron chi connectivity index (χ4n) is 2.53. The van der Waals surface area contributed by atoms with Crippen LogP contribution < -0.4 is 9.46 Å². The Morgan fingerprint density at radius 3 is 2.59 bits per heavy atom. The van der Waals surface area contributed by atoms with E-state index in [-0.39, 0.29) is 17.9 Å². The lowest BCUT2D eigenvalue weighted by Crippen LogP contribution is -2.12. The molecular formula is C17H15F3N4O4S. The molecule has 154 valence electrons. The fourth-order valence-corrected chi connectivity index (χ4v) is 3.12. The number of ether oxygens (including phenoxy) is 1. The third kappa shape index (κ3) is 5.02. The largest absolute Gasteiger partial charge is 0.496 e. The zero-order valence-electron chi connectivity index (χ0n) is 15.2. The minimum Gasteiger partial charge on any atom is -0.496 e. The van der Waals surface area contributed by atoms with Crippen LogP contribution in [0.5, 0.6) is 5.75 Å². The molecule has 0 aliphatic heterocycles. The lowest BCUT2D eigenvalue weighted by Gasteiger charge is -2.12. The summed E-state index contributed by atoms with van der Waals surface area (Å²) in [7, 11) is -2.11. The predicted molar refractivity (Wildman–Crippen MR) is 96.8 cm³/mol. The topological polar surface area (TPSA) is 107 Å². The fraction of sp³-hybridized carbons (Fsp3) is 0.235. The molecule has 0 bridgehead atoms. The van der Waals surface area contributed by atoms with Crippen molar-refractivity contribution in [3.05, 3.63) is 53.7 Å². The number of benzene rings is 1. The molecule has 0 spiro atoms. The average molecular weight is 428 g/mol. The average Bonchev–Trinajstić information content (AvgIpc) is 3.13. The predicted octanol–water partition coefficient (Wildman–Crippen LogP) is 3.12. The number of aromatic nitrogens is 3. The molecule has 0 unspecified atom stereocenters. The smallest absolute Gasteiger partial charge is 0.470 e. The van der Waals surface area contributed by atoms with Crippen LogP contribution in [0.3, 0.4) is 0 Å². The third-order valence-corrected chi connectivity index (χ3v) is 4.34. The van der Waals surface area contributed by atoms with Gasteiger partial charge in [-0.05, 0) is 24.3 Å². The Hall–Kier alpha value is -3.15. The lowest BCUT2D eigenvalue weighted by atomic mass is 10.0. The van der Waals surface area contributed by atoms with Crippen molar-refractivity contribution in [2.75, 3.05) is 18.1 Å².